The lowest BCUT2D eigenvalue weighted by Crippen LogP contribution is -2.13. The van der Waals surface area contributed by atoms with Crippen LogP contribution in [0.15, 0.2) is 41.9 Å². The summed E-state index contributed by atoms with van der Waals surface area (Å²) >= 11 is 1.38. The van der Waals surface area contributed by atoms with E-state index in [4.69, 9.17) is 5.26 Å². The van der Waals surface area contributed by atoms with Crippen LogP contribution < -0.4 is 5.32 Å². The first-order chi connectivity index (χ1) is 11.7. The number of anilines is 1. The highest BCUT2D eigenvalue weighted by atomic mass is 32.1. The number of hydrogen-bond acceptors (Lipinski definition) is 5. The SMILES string of the molecule is Cn1nccc1CCC(=O)Nc1nc(-c2ccc(C#N)cc2)cs1. The molecule has 24 heavy (non-hydrogen) atoms. The second-order valence-electron chi connectivity index (χ2n) is 5.22. The number of aryl methyl sites for hydroxylation is 2. The van der Waals surface area contributed by atoms with Gasteiger partial charge in [0, 0.05) is 36.3 Å². The van der Waals surface area contributed by atoms with Crippen LogP contribution in [0.3, 0.4) is 0 Å². The summed E-state index contributed by atoms with van der Waals surface area (Å²) in [5, 5.41) is 18.2. The van der Waals surface area contributed by atoms with Crippen LogP contribution in [0.5, 0.6) is 0 Å². The summed E-state index contributed by atoms with van der Waals surface area (Å²) < 4.78 is 1.76. The third-order valence-electron chi connectivity index (χ3n) is 3.59. The Kier molecular flexibility index (Phi) is 4.68. The minimum Gasteiger partial charge on any atom is -0.302 e. The zero-order valence-electron chi connectivity index (χ0n) is 13.1. The third-order valence-corrected chi connectivity index (χ3v) is 4.35. The van der Waals surface area contributed by atoms with Crippen LogP contribution in [0, 0.1) is 11.3 Å². The van der Waals surface area contributed by atoms with Gasteiger partial charge in [0.25, 0.3) is 0 Å². The van der Waals surface area contributed by atoms with Crippen molar-refractivity contribution in [3.8, 4) is 17.3 Å². The number of aromatic nitrogens is 3. The molecule has 0 saturated heterocycles. The summed E-state index contributed by atoms with van der Waals surface area (Å²) in [6.45, 7) is 0. The van der Waals surface area contributed by atoms with Gasteiger partial charge in [0.2, 0.25) is 5.91 Å². The van der Waals surface area contributed by atoms with Crippen molar-refractivity contribution in [2.45, 2.75) is 12.8 Å². The zero-order valence-corrected chi connectivity index (χ0v) is 13.9. The van der Waals surface area contributed by atoms with E-state index >= 15 is 0 Å². The lowest BCUT2D eigenvalue weighted by Gasteiger charge is -2.02. The van der Waals surface area contributed by atoms with Crippen LogP contribution in [-0.4, -0.2) is 20.7 Å². The summed E-state index contributed by atoms with van der Waals surface area (Å²) in [6.07, 6.45) is 2.74. The van der Waals surface area contributed by atoms with Gasteiger partial charge in [-0.1, -0.05) is 12.1 Å². The van der Waals surface area contributed by atoms with Gasteiger partial charge in [-0.25, -0.2) is 4.98 Å². The second-order valence-corrected chi connectivity index (χ2v) is 6.08. The molecular weight excluding hydrogens is 322 g/mol. The minimum absolute atomic E-state index is 0.0723. The molecule has 0 aliphatic heterocycles. The molecule has 0 aliphatic carbocycles. The van der Waals surface area contributed by atoms with Gasteiger partial charge in [-0.3, -0.25) is 9.48 Å². The van der Waals surface area contributed by atoms with E-state index in [0.29, 0.717) is 23.5 Å². The van der Waals surface area contributed by atoms with Crippen molar-refractivity contribution in [1.29, 1.82) is 5.26 Å². The molecule has 120 valence electrons. The number of nitrogens with zero attached hydrogens (tertiary/aromatic N) is 4. The summed E-state index contributed by atoms with van der Waals surface area (Å²) in [6, 6.07) is 11.2. The highest BCUT2D eigenvalue weighted by Gasteiger charge is 2.09. The first kappa shape index (κ1) is 15.9. The second kappa shape index (κ2) is 7.06. The summed E-state index contributed by atoms with van der Waals surface area (Å²) in [5.74, 6) is -0.0723. The molecule has 0 aliphatic rings. The van der Waals surface area contributed by atoms with Crippen molar-refractivity contribution in [1.82, 2.24) is 14.8 Å². The molecule has 6 nitrogen and oxygen atoms in total. The molecule has 7 heteroatoms. The quantitative estimate of drug-likeness (QED) is 0.776. The Balaban J connectivity index is 1.60. The Bertz CT molecular complexity index is 888. The molecule has 0 spiro atoms. The number of carbonyl (C=O) groups excluding carboxylic acids is 1. The van der Waals surface area contributed by atoms with E-state index in [2.05, 4.69) is 21.5 Å². The topological polar surface area (TPSA) is 83.6 Å². The molecular formula is C17H15N5OS. The molecule has 0 radical (unpaired) electrons. The molecule has 0 bridgehead atoms. The lowest BCUT2D eigenvalue weighted by molar-refractivity contribution is -0.116. The van der Waals surface area contributed by atoms with Crippen LogP contribution in [0.4, 0.5) is 5.13 Å². The maximum Gasteiger partial charge on any atom is 0.226 e. The Morgan fingerprint density at radius 3 is 2.79 bits per heavy atom. The normalized spacial score (nSPS) is 10.3. The van der Waals surface area contributed by atoms with Crippen LogP contribution in [0.1, 0.15) is 17.7 Å². The molecule has 0 saturated carbocycles. The van der Waals surface area contributed by atoms with Crippen LogP contribution in [-0.2, 0) is 18.3 Å². The van der Waals surface area contributed by atoms with E-state index in [9.17, 15) is 4.79 Å². The third kappa shape index (κ3) is 3.67. The number of hydrogen-bond donors (Lipinski definition) is 1. The minimum atomic E-state index is -0.0723. The maximum absolute atomic E-state index is 12.0. The van der Waals surface area contributed by atoms with E-state index in [1.165, 1.54) is 11.3 Å². The highest BCUT2D eigenvalue weighted by molar-refractivity contribution is 7.14. The number of carbonyl (C=O) groups is 1. The first-order valence-corrected chi connectivity index (χ1v) is 8.26. The van der Waals surface area contributed by atoms with Crippen molar-refractivity contribution in [3.63, 3.8) is 0 Å². The average Bonchev–Trinajstić information content (AvgIpc) is 3.22. The zero-order chi connectivity index (χ0) is 16.9. The number of nitriles is 1. The molecule has 1 amide bonds. The number of rotatable bonds is 5. The van der Waals surface area contributed by atoms with Crippen molar-refractivity contribution < 1.29 is 4.79 Å². The summed E-state index contributed by atoms with van der Waals surface area (Å²) in [7, 11) is 1.86. The Morgan fingerprint density at radius 1 is 1.33 bits per heavy atom. The highest BCUT2D eigenvalue weighted by Crippen LogP contribution is 2.25. The fourth-order valence-electron chi connectivity index (χ4n) is 2.25. The Hall–Kier alpha value is -2.98. The summed E-state index contributed by atoms with van der Waals surface area (Å²) in [4.78, 5) is 16.5. The standard InChI is InChI=1S/C17H15N5OS/c1-22-14(8-9-19-22)6-7-16(23)21-17-20-15(11-24-17)13-4-2-12(10-18)3-5-13/h2-5,8-9,11H,6-7H2,1H3,(H,20,21,23). The molecule has 0 unspecified atom stereocenters. The van der Waals surface area contributed by atoms with E-state index in [1.807, 2.05) is 30.6 Å². The van der Waals surface area contributed by atoms with E-state index in [-0.39, 0.29) is 5.91 Å². The van der Waals surface area contributed by atoms with Crippen molar-refractivity contribution in [3.05, 3.63) is 53.2 Å². The predicted molar refractivity (Wildman–Crippen MR) is 92.4 cm³/mol. The molecule has 1 N–H and O–H groups in total. The molecule has 3 aromatic rings. The number of nitrogens with one attached hydrogen (secondary N) is 1. The largest absolute Gasteiger partial charge is 0.302 e. The molecule has 1 aromatic carbocycles. The molecule has 3 rings (SSSR count). The van der Waals surface area contributed by atoms with Crippen molar-refractivity contribution >= 4 is 22.4 Å². The molecule has 2 heterocycles. The van der Waals surface area contributed by atoms with Gasteiger partial charge in [-0.15, -0.1) is 11.3 Å². The first-order valence-electron chi connectivity index (χ1n) is 7.38. The van der Waals surface area contributed by atoms with E-state index in [0.717, 1.165) is 17.0 Å². The van der Waals surface area contributed by atoms with Gasteiger partial charge in [-0.05, 0) is 24.6 Å². The molecule has 0 atom stereocenters. The monoisotopic (exact) mass is 337 g/mol. The maximum atomic E-state index is 12.0. The number of benzene rings is 1. The van der Waals surface area contributed by atoms with Crippen LogP contribution in [0.25, 0.3) is 11.3 Å². The number of thiazole rings is 1. The van der Waals surface area contributed by atoms with Gasteiger partial charge in [0.05, 0.1) is 17.3 Å². The van der Waals surface area contributed by atoms with Gasteiger partial charge in [0.15, 0.2) is 5.13 Å². The Morgan fingerprint density at radius 2 is 2.12 bits per heavy atom. The van der Waals surface area contributed by atoms with Crippen LogP contribution >= 0.6 is 11.3 Å². The van der Waals surface area contributed by atoms with Gasteiger partial charge < -0.3 is 5.32 Å². The Labute approximate surface area is 143 Å². The van der Waals surface area contributed by atoms with E-state index < -0.39 is 0 Å². The summed E-state index contributed by atoms with van der Waals surface area (Å²) in [5.41, 5.74) is 3.33. The van der Waals surface area contributed by atoms with Gasteiger partial charge in [-0.2, -0.15) is 10.4 Å². The molecule has 0 fully saturated rings. The van der Waals surface area contributed by atoms with Crippen molar-refractivity contribution in [2.24, 2.45) is 7.05 Å². The van der Waals surface area contributed by atoms with Gasteiger partial charge in [0.1, 0.15) is 0 Å². The molecule has 2 aromatic heterocycles. The smallest absolute Gasteiger partial charge is 0.226 e. The van der Waals surface area contributed by atoms with Crippen molar-refractivity contribution in [2.75, 3.05) is 5.32 Å². The number of amides is 1. The fourth-order valence-corrected chi connectivity index (χ4v) is 2.99. The fraction of sp³-hybridized carbons (Fsp3) is 0.176. The lowest BCUT2D eigenvalue weighted by atomic mass is 10.1. The van der Waals surface area contributed by atoms with E-state index in [1.54, 1.807) is 23.0 Å². The van der Waals surface area contributed by atoms with Crippen LogP contribution in [0.2, 0.25) is 0 Å². The predicted octanol–water partition coefficient (Wildman–Crippen LogP) is 2.99. The van der Waals surface area contributed by atoms with Gasteiger partial charge >= 0.3 is 0 Å². The average molecular weight is 337 g/mol.